The summed E-state index contributed by atoms with van der Waals surface area (Å²) in [5, 5.41) is 3.00. The molecule has 34 heavy (non-hydrogen) atoms. The van der Waals surface area contributed by atoms with Gasteiger partial charge in [0.1, 0.15) is 19.7 Å². The molecular weight excluding hydrogens is 454 g/mol. The van der Waals surface area contributed by atoms with Gasteiger partial charge in [-0.25, -0.2) is 4.79 Å². The second-order valence-corrected chi connectivity index (χ2v) is 8.34. The fraction of sp³-hybridized carbons (Fsp3) is 0.192. The van der Waals surface area contributed by atoms with Crippen LogP contribution in [0, 0.1) is 0 Å². The van der Waals surface area contributed by atoms with Gasteiger partial charge in [0, 0.05) is 23.3 Å². The number of hydrogen-bond acceptors (Lipinski definition) is 4. The number of nitrogens with zero attached hydrogens (tertiary/aromatic N) is 2. The fourth-order valence-corrected chi connectivity index (χ4v) is 4.13. The largest absolute Gasteiger partial charge is 0.445 e. The number of amides is 3. The lowest BCUT2D eigenvalue weighted by Crippen LogP contribution is -2.45. The molecule has 0 saturated carbocycles. The van der Waals surface area contributed by atoms with Crippen LogP contribution in [0.2, 0.25) is 5.02 Å². The Bertz CT molecular complexity index is 1190. The van der Waals surface area contributed by atoms with Crippen LogP contribution >= 0.6 is 11.6 Å². The van der Waals surface area contributed by atoms with Crippen molar-refractivity contribution in [1.82, 2.24) is 10.2 Å². The topological polar surface area (TPSA) is 79.0 Å². The van der Waals surface area contributed by atoms with Crippen molar-refractivity contribution in [3.8, 4) is 0 Å². The average Bonchev–Trinajstić information content (AvgIpc) is 2.96. The molecular formula is C26H24ClN3O4. The highest BCUT2D eigenvalue weighted by Crippen LogP contribution is 2.38. The summed E-state index contributed by atoms with van der Waals surface area (Å²) in [6.07, 6.45) is -0.713. The molecule has 3 amide bonds. The Kier molecular flexibility index (Phi) is 7.13. The summed E-state index contributed by atoms with van der Waals surface area (Å²) in [5.74, 6) is -0.665. The van der Waals surface area contributed by atoms with Crippen LogP contribution in [0.4, 0.5) is 10.5 Å². The van der Waals surface area contributed by atoms with E-state index < -0.39 is 18.0 Å². The molecule has 1 N–H and O–H groups in total. The Balaban J connectivity index is 1.56. The number of anilines is 1. The SMILES string of the molecule is CN1C(=O)CN(C(=O)CNC(=O)OCc2ccccc2)C(c2ccccc2)c2cc(Cl)ccc21. The number of likely N-dealkylation sites (N-methyl/N-ethyl adjacent to an activating group) is 1. The minimum absolute atomic E-state index is 0.0897. The Labute approximate surface area is 202 Å². The van der Waals surface area contributed by atoms with E-state index in [-0.39, 0.29) is 25.6 Å². The average molecular weight is 478 g/mol. The van der Waals surface area contributed by atoms with Gasteiger partial charge < -0.3 is 19.9 Å². The van der Waals surface area contributed by atoms with E-state index in [0.717, 1.165) is 16.7 Å². The number of benzene rings is 3. The summed E-state index contributed by atoms with van der Waals surface area (Å²) < 4.78 is 5.20. The molecule has 1 atom stereocenters. The standard InChI is InChI=1S/C26H24ClN3O4/c1-29-22-13-12-20(27)14-21(22)25(19-10-6-3-7-11-19)30(16-24(29)32)23(31)15-28-26(33)34-17-18-8-4-2-5-9-18/h2-14,25H,15-17H2,1H3,(H,28,33). The van der Waals surface area contributed by atoms with E-state index in [9.17, 15) is 14.4 Å². The van der Waals surface area contributed by atoms with Gasteiger partial charge in [0.25, 0.3) is 0 Å². The van der Waals surface area contributed by atoms with Gasteiger partial charge in [0.2, 0.25) is 11.8 Å². The lowest BCUT2D eigenvalue weighted by atomic mass is 9.95. The third-order valence-electron chi connectivity index (χ3n) is 5.67. The number of nitrogens with one attached hydrogen (secondary N) is 1. The molecule has 0 saturated heterocycles. The van der Waals surface area contributed by atoms with Crippen LogP contribution in [-0.4, -0.2) is 42.9 Å². The monoisotopic (exact) mass is 477 g/mol. The summed E-state index contributed by atoms with van der Waals surface area (Å²) in [7, 11) is 1.67. The number of alkyl carbamates (subject to hydrolysis) is 1. The number of carbonyl (C=O) groups is 3. The molecule has 0 aromatic heterocycles. The van der Waals surface area contributed by atoms with Crippen molar-refractivity contribution >= 4 is 35.2 Å². The van der Waals surface area contributed by atoms with Gasteiger partial charge in [-0.1, -0.05) is 72.3 Å². The van der Waals surface area contributed by atoms with Gasteiger partial charge in [-0.3, -0.25) is 9.59 Å². The smallest absolute Gasteiger partial charge is 0.407 e. The van der Waals surface area contributed by atoms with Gasteiger partial charge in [-0.15, -0.1) is 0 Å². The van der Waals surface area contributed by atoms with Crippen molar-refractivity contribution in [1.29, 1.82) is 0 Å². The van der Waals surface area contributed by atoms with E-state index >= 15 is 0 Å². The minimum atomic E-state index is -0.713. The zero-order chi connectivity index (χ0) is 24.1. The lowest BCUT2D eigenvalue weighted by molar-refractivity contribution is -0.135. The van der Waals surface area contributed by atoms with E-state index in [2.05, 4.69) is 5.32 Å². The van der Waals surface area contributed by atoms with Crippen molar-refractivity contribution in [3.63, 3.8) is 0 Å². The summed E-state index contributed by atoms with van der Waals surface area (Å²) in [5.41, 5.74) is 3.07. The number of ether oxygens (including phenoxy) is 1. The Hall–Kier alpha value is -3.84. The van der Waals surface area contributed by atoms with Crippen molar-refractivity contribution in [2.75, 3.05) is 25.0 Å². The number of rotatable bonds is 5. The van der Waals surface area contributed by atoms with Crippen LogP contribution in [0.15, 0.2) is 78.9 Å². The van der Waals surface area contributed by atoms with Gasteiger partial charge >= 0.3 is 6.09 Å². The summed E-state index contributed by atoms with van der Waals surface area (Å²) >= 11 is 6.30. The first-order chi connectivity index (χ1) is 16.4. The van der Waals surface area contributed by atoms with Crippen LogP contribution < -0.4 is 10.2 Å². The van der Waals surface area contributed by atoms with Crippen LogP contribution in [0.5, 0.6) is 0 Å². The van der Waals surface area contributed by atoms with Crippen molar-refractivity contribution in [3.05, 3.63) is 101 Å². The molecule has 4 rings (SSSR count). The van der Waals surface area contributed by atoms with Gasteiger partial charge in [0.15, 0.2) is 0 Å². The van der Waals surface area contributed by atoms with E-state index in [1.807, 2.05) is 60.7 Å². The van der Waals surface area contributed by atoms with Gasteiger partial charge in [-0.2, -0.15) is 0 Å². The molecule has 3 aromatic carbocycles. The molecule has 1 aliphatic heterocycles. The molecule has 1 aliphatic rings. The molecule has 0 radical (unpaired) electrons. The molecule has 0 fully saturated rings. The van der Waals surface area contributed by atoms with Crippen LogP contribution in [-0.2, 0) is 20.9 Å². The highest BCUT2D eigenvalue weighted by Gasteiger charge is 2.35. The zero-order valence-corrected chi connectivity index (χ0v) is 19.4. The van der Waals surface area contributed by atoms with Gasteiger partial charge in [-0.05, 0) is 29.3 Å². The third-order valence-corrected chi connectivity index (χ3v) is 5.90. The maximum Gasteiger partial charge on any atom is 0.407 e. The van der Waals surface area contributed by atoms with Crippen LogP contribution in [0.1, 0.15) is 22.7 Å². The normalized spacial score (nSPS) is 15.4. The second kappa shape index (κ2) is 10.4. The highest BCUT2D eigenvalue weighted by molar-refractivity contribution is 6.30. The van der Waals surface area contributed by atoms with E-state index in [0.29, 0.717) is 10.7 Å². The van der Waals surface area contributed by atoms with Crippen molar-refractivity contribution < 1.29 is 19.1 Å². The predicted molar refractivity (Wildman–Crippen MR) is 129 cm³/mol. The van der Waals surface area contributed by atoms with E-state index in [1.165, 1.54) is 9.80 Å². The van der Waals surface area contributed by atoms with Crippen molar-refractivity contribution in [2.24, 2.45) is 0 Å². The highest BCUT2D eigenvalue weighted by atomic mass is 35.5. The molecule has 0 spiro atoms. The molecule has 7 nitrogen and oxygen atoms in total. The molecule has 1 unspecified atom stereocenters. The molecule has 1 heterocycles. The molecule has 8 heteroatoms. The fourth-order valence-electron chi connectivity index (χ4n) is 3.95. The van der Waals surface area contributed by atoms with Crippen LogP contribution in [0.25, 0.3) is 0 Å². The summed E-state index contributed by atoms with van der Waals surface area (Å²) in [6.45, 7) is -0.377. The first-order valence-electron chi connectivity index (χ1n) is 10.8. The quantitative estimate of drug-likeness (QED) is 0.598. The summed E-state index contributed by atoms with van der Waals surface area (Å²) in [4.78, 5) is 41.4. The minimum Gasteiger partial charge on any atom is -0.445 e. The number of hydrogen-bond donors (Lipinski definition) is 1. The lowest BCUT2D eigenvalue weighted by Gasteiger charge is -2.30. The Morgan fingerprint density at radius 1 is 1.03 bits per heavy atom. The molecule has 0 bridgehead atoms. The number of halogens is 1. The maximum absolute atomic E-state index is 13.3. The number of carbonyl (C=O) groups excluding carboxylic acids is 3. The molecule has 0 aliphatic carbocycles. The Morgan fingerprint density at radius 2 is 1.71 bits per heavy atom. The van der Waals surface area contributed by atoms with E-state index in [1.54, 1.807) is 25.2 Å². The first kappa shape index (κ1) is 23.3. The second-order valence-electron chi connectivity index (χ2n) is 7.91. The van der Waals surface area contributed by atoms with Crippen molar-refractivity contribution in [2.45, 2.75) is 12.6 Å². The molecule has 3 aromatic rings. The number of fused-ring (bicyclic) bond motifs is 1. The predicted octanol–water partition coefficient (Wildman–Crippen LogP) is 4.16. The van der Waals surface area contributed by atoms with E-state index in [4.69, 9.17) is 16.3 Å². The first-order valence-corrected chi connectivity index (χ1v) is 11.2. The summed E-state index contributed by atoms with van der Waals surface area (Å²) in [6, 6.07) is 23.4. The zero-order valence-electron chi connectivity index (χ0n) is 18.6. The third kappa shape index (κ3) is 5.21. The van der Waals surface area contributed by atoms with Crippen LogP contribution in [0.3, 0.4) is 0 Å². The molecule has 174 valence electrons. The van der Waals surface area contributed by atoms with Gasteiger partial charge in [0.05, 0.1) is 6.04 Å². The Morgan fingerprint density at radius 3 is 2.41 bits per heavy atom. The maximum atomic E-state index is 13.3.